The van der Waals surface area contributed by atoms with E-state index in [0.717, 1.165) is 0 Å². The molecule has 0 radical (unpaired) electrons. The Bertz CT molecular complexity index is 482. The van der Waals surface area contributed by atoms with Gasteiger partial charge in [0.1, 0.15) is 11.9 Å². The summed E-state index contributed by atoms with van der Waals surface area (Å²) in [6.45, 7) is 1.77. The van der Waals surface area contributed by atoms with E-state index in [0.29, 0.717) is 23.8 Å². The van der Waals surface area contributed by atoms with Crippen molar-refractivity contribution in [2.45, 2.75) is 19.4 Å². The van der Waals surface area contributed by atoms with E-state index in [-0.39, 0.29) is 0 Å². The van der Waals surface area contributed by atoms with Crippen molar-refractivity contribution in [3.05, 3.63) is 29.6 Å². The Hall–Kier alpha value is -1.89. The molecule has 2 rings (SSSR count). The fourth-order valence-corrected chi connectivity index (χ4v) is 1.34. The van der Waals surface area contributed by atoms with Crippen LogP contribution in [0.15, 0.2) is 12.3 Å². The maximum Gasteiger partial charge on any atom is 0.177 e. The molecular weight excluding hydrogens is 208 g/mol. The van der Waals surface area contributed by atoms with E-state index in [9.17, 15) is 5.11 Å². The summed E-state index contributed by atoms with van der Waals surface area (Å²) in [6.07, 6.45) is 1.18. The van der Waals surface area contributed by atoms with Crippen molar-refractivity contribution in [1.29, 1.82) is 0 Å². The van der Waals surface area contributed by atoms with Gasteiger partial charge in [-0.05, 0) is 18.2 Å². The highest BCUT2D eigenvalue weighted by Crippen LogP contribution is 2.13. The van der Waals surface area contributed by atoms with Crippen LogP contribution in [0, 0.1) is 6.92 Å². The van der Waals surface area contributed by atoms with E-state index in [2.05, 4.69) is 25.4 Å². The molecule has 0 bridgehead atoms. The second kappa shape index (κ2) is 4.31. The highest BCUT2D eigenvalue weighted by molar-refractivity contribution is 5.06. The van der Waals surface area contributed by atoms with Crippen LogP contribution in [0.2, 0.25) is 0 Å². The summed E-state index contributed by atoms with van der Waals surface area (Å²) in [7, 11) is 1.68. The minimum atomic E-state index is -0.731. The number of hydrogen-bond donors (Lipinski definition) is 1. The van der Waals surface area contributed by atoms with Crippen LogP contribution in [0.3, 0.4) is 0 Å². The van der Waals surface area contributed by atoms with E-state index < -0.39 is 6.10 Å². The number of aromatic nitrogens is 6. The van der Waals surface area contributed by atoms with Crippen molar-refractivity contribution < 1.29 is 5.11 Å². The number of aliphatic hydroxyl groups is 1. The summed E-state index contributed by atoms with van der Waals surface area (Å²) < 4.78 is 0. The predicted octanol–water partition coefficient (Wildman–Crippen LogP) is -0.415. The largest absolute Gasteiger partial charge is 0.386 e. The van der Waals surface area contributed by atoms with Gasteiger partial charge < -0.3 is 5.11 Å². The summed E-state index contributed by atoms with van der Waals surface area (Å²) in [6, 6.07) is 1.67. The summed E-state index contributed by atoms with van der Waals surface area (Å²) >= 11 is 0. The molecule has 0 aliphatic heterocycles. The number of hydrogen-bond acceptors (Lipinski definition) is 6. The highest BCUT2D eigenvalue weighted by Gasteiger charge is 2.13. The Morgan fingerprint density at radius 1 is 1.50 bits per heavy atom. The first-order valence-corrected chi connectivity index (χ1v) is 4.85. The van der Waals surface area contributed by atoms with Gasteiger partial charge in [-0.1, -0.05) is 0 Å². The van der Waals surface area contributed by atoms with Gasteiger partial charge in [0.2, 0.25) is 0 Å². The molecule has 0 fully saturated rings. The molecule has 2 aromatic heterocycles. The van der Waals surface area contributed by atoms with Crippen molar-refractivity contribution in [2.24, 2.45) is 7.05 Å². The normalized spacial score (nSPS) is 12.7. The fraction of sp³-hybridized carbons (Fsp3) is 0.444. The molecule has 0 aromatic carbocycles. The Kier molecular flexibility index (Phi) is 2.86. The molecular formula is C9H12N6O. The lowest BCUT2D eigenvalue weighted by molar-refractivity contribution is 0.170. The molecule has 0 saturated heterocycles. The van der Waals surface area contributed by atoms with Crippen molar-refractivity contribution in [2.75, 3.05) is 0 Å². The average Bonchev–Trinajstić information content (AvgIpc) is 2.64. The zero-order valence-electron chi connectivity index (χ0n) is 9.07. The quantitative estimate of drug-likeness (QED) is 0.756. The number of nitrogens with zero attached hydrogens (tertiary/aromatic N) is 6. The lowest BCUT2D eigenvalue weighted by atomic mass is 10.2. The molecule has 7 heteroatoms. The SMILES string of the molecule is Cc1nccc(C(O)Cc2nnn(C)n2)n1. The van der Waals surface area contributed by atoms with Crippen LogP contribution in [-0.4, -0.2) is 35.3 Å². The van der Waals surface area contributed by atoms with Crippen LogP contribution in [-0.2, 0) is 13.5 Å². The Morgan fingerprint density at radius 2 is 2.31 bits per heavy atom. The van der Waals surface area contributed by atoms with Gasteiger partial charge >= 0.3 is 0 Å². The molecule has 2 heterocycles. The second-order valence-corrected chi connectivity index (χ2v) is 3.44. The smallest absolute Gasteiger partial charge is 0.177 e. The van der Waals surface area contributed by atoms with Crippen LogP contribution in [0.1, 0.15) is 23.4 Å². The van der Waals surface area contributed by atoms with E-state index in [4.69, 9.17) is 0 Å². The van der Waals surface area contributed by atoms with E-state index in [1.165, 1.54) is 4.80 Å². The van der Waals surface area contributed by atoms with Crippen LogP contribution >= 0.6 is 0 Å². The zero-order valence-corrected chi connectivity index (χ0v) is 9.07. The molecule has 0 aliphatic rings. The molecule has 0 spiro atoms. The topological polar surface area (TPSA) is 89.6 Å². The lowest BCUT2D eigenvalue weighted by Gasteiger charge is -2.07. The average molecular weight is 220 g/mol. The summed E-state index contributed by atoms with van der Waals surface area (Å²) in [4.78, 5) is 9.45. The molecule has 2 aromatic rings. The Balaban J connectivity index is 2.11. The maximum absolute atomic E-state index is 9.90. The van der Waals surface area contributed by atoms with Gasteiger partial charge in [0.25, 0.3) is 0 Å². The molecule has 84 valence electrons. The van der Waals surface area contributed by atoms with Crippen LogP contribution < -0.4 is 0 Å². The van der Waals surface area contributed by atoms with Gasteiger partial charge in [0, 0.05) is 12.6 Å². The molecule has 16 heavy (non-hydrogen) atoms. The second-order valence-electron chi connectivity index (χ2n) is 3.44. The van der Waals surface area contributed by atoms with Crippen LogP contribution in [0.4, 0.5) is 0 Å². The van der Waals surface area contributed by atoms with E-state index in [1.54, 1.807) is 26.2 Å². The zero-order chi connectivity index (χ0) is 11.5. The molecule has 7 nitrogen and oxygen atoms in total. The molecule has 0 amide bonds. The summed E-state index contributed by atoms with van der Waals surface area (Å²) in [5, 5.41) is 21.4. The fourth-order valence-electron chi connectivity index (χ4n) is 1.34. The molecule has 0 aliphatic carbocycles. The third kappa shape index (κ3) is 2.37. The van der Waals surface area contributed by atoms with Gasteiger partial charge in [-0.3, -0.25) is 0 Å². The molecule has 0 saturated carbocycles. The minimum Gasteiger partial charge on any atom is -0.386 e. The van der Waals surface area contributed by atoms with Gasteiger partial charge in [-0.25, -0.2) is 9.97 Å². The van der Waals surface area contributed by atoms with Crippen molar-refractivity contribution in [3.8, 4) is 0 Å². The van der Waals surface area contributed by atoms with Gasteiger partial charge in [0.15, 0.2) is 5.82 Å². The van der Waals surface area contributed by atoms with Gasteiger partial charge in [-0.2, -0.15) is 4.80 Å². The first kappa shape index (κ1) is 10.6. The molecule has 1 unspecified atom stereocenters. The first-order chi connectivity index (χ1) is 7.65. The Morgan fingerprint density at radius 3 is 2.94 bits per heavy atom. The first-order valence-electron chi connectivity index (χ1n) is 4.85. The maximum atomic E-state index is 9.90. The summed E-state index contributed by atoms with van der Waals surface area (Å²) in [5.41, 5.74) is 0.569. The van der Waals surface area contributed by atoms with Crippen molar-refractivity contribution in [3.63, 3.8) is 0 Å². The number of rotatable bonds is 3. The van der Waals surface area contributed by atoms with Crippen LogP contribution in [0.25, 0.3) is 0 Å². The minimum absolute atomic E-state index is 0.296. The van der Waals surface area contributed by atoms with Crippen molar-refractivity contribution in [1.82, 2.24) is 30.2 Å². The highest BCUT2D eigenvalue weighted by atomic mass is 16.3. The lowest BCUT2D eigenvalue weighted by Crippen LogP contribution is -2.07. The number of aryl methyl sites for hydroxylation is 2. The van der Waals surface area contributed by atoms with E-state index in [1.807, 2.05) is 0 Å². The predicted molar refractivity (Wildman–Crippen MR) is 54.2 cm³/mol. The number of tetrazole rings is 1. The summed E-state index contributed by atoms with van der Waals surface area (Å²) in [5.74, 6) is 1.12. The van der Waals surface area contributed by atoms with Crippen LogP contribution in [0.5, 0.6) is 0 Å². The van der Waals surface area contributed by atoms with Crippen molar-refractivity contribution >= 4 is 0 Å². The third-order valence-corrected chi connectivity index (χ3v) is 2.06. The molecule has 1 atom stereocenters. The standard InChI is InChI=1S/C9H12N6O/c1-6-10-4-3-7(11-6)8(16)5-9-12-14-15(2)13-9/h3-4,8,16H,5H2,1-2H3. The van der Waals surface area contributed by atoms with Gasteiger partial charge in [-0.15, -0.1) is 10.2 Å². The monoisotopic (exact) mass is 220 g/mol. The van der Waals surface area contributed by atoms with E-state index >= 15 is 0 Å². The van der Waals surface area contributed by atoms with Gasteiger partial charge in [0.05, 0.1) is 12.7 Å². The molecule has 1 N–H and O–H groups in total. The third-order valence-electron chi connectivity index (χ3n) is 2.06. The Labute approximate surface area is 92.2 Å². The number of aliphatic hydroxyl groups excluding tert-OH is 1.